The highest BCUT2D eigenvalue weighted by molar-refractivity contribution is 6.42. The molecule has 144 valence electrons. The molecule has 1 amide bonds. The number of nitrogens with one attached hydrogen (secondary N) is 1. The summed E-state index contributed by atoms with van der Waals surface area (Å²) in [6.45, 7) is 0. The predicted molar refractivity (Wildman–Crippen MR) is 117 cm³/mol. The zero-order valence-corrected chi connectivity index (χ0v) is 17.0. The van der Waals surface area contributed by atoms with Crippen LogP contribution in [0.2, 0.25) is 15.1 Å². The fraction of sp³-hybridized carbons (Fsp3) is 0. The Balaban J connectivity index is 1.88. The standard InChI is InChI=1S/C21H12Cl3N3O2/c22-14-5-3-4-12(10-14)19-25-18-7-2-1-6-15(18)21(29)27(19)26-20(28)13-8-9-16(23)17(24)11-13/h1-11H,(H,26,28). The van der Waals surface area contributed by atoms with E-state index >= 15 is 0 Å². The maximum Gasteiger partial charge on any atom is 0.280 e. The van der Waals surface area contributed by atoms with E-state index in [1.54, 1.807) is 48.5 Å². The Labute approximate surface area is 180 Å². The van der Waals surface area contributed by atoms with Crippen LogP contribution in [-0.2, 0) is 0 Å². The highest BCUT2D eigenvalue weighted by Gasteiger charge is 2.16. The molecule has 8 heteroatoms. The van der Waals surface area contributed by atoms with Gasteiger partial charge in [-0.15, -0.1) is 0 Å². The number of nitrogens with zero attached hydrogens (tertiary/aromatic N) is 2. The van der Waals surface area contributed by atoms with Crippen LogP contribution in [0.3, 0.4) is 0 Å². The molecule has 3 aromatic carbocycles. The molecule has 0 fully saturated rings. The minimum atomic E-state index is -0.536. The number of hydrogen-bond donors (Lipinski definition) is 1. The largest absolute Gasteiger partial charge is 0.280 e. The van der Waals surface area contributed by atoms with E-state index in [2.05, 4.69) is 10.4 Å². The van der Waals surface area contributed by atoms with Crippen LogP contribution in [0.25, 0.3) is 22.3 Å². The first-order valence-electron chi connectivity index (χ1n) is 8.48. The topological polar surface area (TPSA) is 64.0 Å². The van der Waals surface area contributed by atoms with E-state index in [1.807, 2.05) is 0 Å². The fourth-order valence-electron chi connectivity index (χ4n) is 2.86. The Kier molecular flexibility index (Phi) is 5.28. The number of aromatic nitrogens is 2. The SMILES string of the molecule is O=C(Nn1c(-c2cccc(Cl)c2)nc2ccccc2c1=O)c1ccc(Cl)c(Cl)c1. The Bertz CT molecular complexity index is 1320. The summed E-state index contributed by atoms with van der Waals surface area (Å²) in [6, 6.07) is 18.2. The van der Waals surface area contributed by atoms with Crippen LogP contribution in [0.15, 0.2) is 71.5 Å². The molecule has 4 aromatic rings. The van der Waals surface area contributed by atoms with Crippen molar-refractivity contribution in [1.82, 2.24) is 9.66 Å². The molecule has 0 aliphatic heterocycles. The first-order chi connectivity index (χ1) is 13.9. The summed E-state index contributed by atoms with van der Waals surface area (Å²) >= 11 is 18.0. The van der Waals surface area contributed by atoms with Gasteiger partial charge in [0, 0.05) is 16.1 Å². The average molecular weight is 445 g/mol. The first-order valence-corrected chi connectivity index (χ1v) is 9.61. The lowest BCUT2D eigenvalue weighted by atomic mass is 10.2. The minimum Gasteiger partial charge on any atom is -0.267 e. The summed E-state index contributed by atoms with van der Waals surface area (Å²) in [7, 11) is 0. The molecule has 0 atom stereocenters. The molecule has 5 nitrogen and oxygen atoms in total. The van der Waals surface area contributed by atoms with Crippen molar-refractivity contribution >= 4 is 51.6 Å². The van der Waals surface area contributed by atoms with Gasteiger partial charge in [0.15, 0.2) is 5.82 Å². The minimum absolute atomic E-state index is 0.235. The van der Waals surface area contributed by atoms with Crippen LogP contribution >= 0.6 is 34.8 Å². The predicted octanol–water partition coefficient (Wildman–Crippen LogP) is 5.41. The summed E-state index contributed by atoms with van der Waals surface area (Å²) in [5.74, 6) is -0.282. The summed E-state index contributed by atoms with van der Waals surface area (Å²) in [5, 5.41) is 1.41. The molecule has 0 spiro atoms. The van der Waals surface area contributed by atoms with Crippen LogP contribution in [0.1, 0.15) is 10.4 Å². The van der Waals surface area contributed by atoms with Crippen LogP contribution in [-0.4, -0.2) is 15.6 Å². The Hall–Kier alpha value is -2.86. The molecule has 0 unspecified atom stereocenters. The summed E-state index contributed by atoms with van der Waals surface area (Å²) in [6.07, 6.45) is 0. The van der Waals surface area contributed by atoms with Crippen molar-refractivity contribution in [3.05, 3.63) is 97.7 Å². The Morgan fingerprint density at radius 2 is 1.69 bits per heavy atom. The second-order valence-corrected chi connectivity index (χ2v) is 7.42. The number of rotatable bonds is 3. The van der Waals surface area contributed by atoms with Gasteiger partial charge in [-0.3, -0.25) is 15.0 Å². The second-order valence-electron chi connectivity index (χ2n) is 6.17. The molecule has 1 aromatic heterocycles. The molecular weight excluding hydrogens is 433 g/mol. The molecule has 0 radical (unpaired) electrons. The highest BCUT2D eigenvalue weighted by atomic mass is 35.5. The third-order valence-electron chi connectivity index (χ3n) is 4.25. The van der Waals surface area contributed by atoms with E-state index in [4.69, 9.17) is 34.8 Å². The summed E-state index contributed by atoms with van der Waals surface area (Å²) < 4.78 is 1.11. The molecular formula is C21H12Cl3N3O2. The first kappa shape index (κ1) is 19.5. The van der Waals surface area contributed by atoms with Crippen molar-refractivity contribution in [2.75, 3.05) is 5.43 Å². The zero-order chi connectivity index (χ0) is 20.5. The van der Waals surface area contributed by atoms with Crippen molar-refractivity contribution < 1.29 is 4.79 Å². The van der Waals surface area contributed by atoms with E-state index in [0.29, 0.717) is 26.5 Å². The average Bonchev–Trinajstić information content (AvgIpc) is 2.72. The van der Waals surface area contributed by atoms with Crippen molar-refractivity contribution in [3.8, 4) is 11.4 Å². The van der Waals surface area contributed by atoms with Gasteiger partial charge in [0.1, 0.15) is 0 Å². The van der Waals surface area contributed by atoms with Crippen LogP contribution < -0.4 is 11.0 Å². The quantitative estimate of drug-likeness (QED) is 0.460. The summed E-state index contributed by atoms with van der Waals surface area (Å²) in [5.41, 5.74) is 3.52. The number of carbonyl (C=O) groups excluding carboxylic acids is 1. The van der Waals surface area contributed by atoms with E-state index in [-0.39, 0.29) is 16.4 Å². The molecule has 0 aliphatic rings. The van der Waals surface area contributed by atoms with Gasteiger partial charge in [-0.05, 0) is 42.5 Å². The van der Waals surface area contributed by atoms with Gasteiger partial charge in [-0.25, -0.2) is 4.98 Å². The maximum absolute atomic E-state index is 13.1. The maximum atomic E-state index is 13.1. The van der Waals surface area contributed by atoms with Crippen molar-refractivity contribution in [1.29, 1.82) is 0 Å². The molecule has 0 saturated carbocycles. The van der Waals surface area contributed by atoms with E-state index in [0.717, 1.165) is 4.68 Å². The van der Waals surface area contributed by atoms with E-state index in [9.17, 15) is 9.59 Å². The highest BCUT2D eigenvalue weighted by Crippen LogP contribution is 2.24. The lowest BCUT2D eigenvalue weighted by molar-refractivity contribution is 0.101. The van der Waals surface area contributed by atoms with Crippen LogP contribution in [0.4, 0.5) is 0 Å². The Morgan fingerprint density at radius 3 is 2.45 bits per heavy atom. The number of halogens is 3. The molecule has 1 N–H and O–H groups in total. The zero-order valence-electron chi connectivity index (χ0n) is 14.7. The number of carbonyl (C=O) groups is 1. The van der Waals surface area contributed by atoms with Gasteiger partial charge < -0.3 is 0 Å². The molecule has 1 heterocycles. The van der Waals surface area contributed by atoms with Crippen LogP contribution in [0.5, 0.6) is 0 Å². The fourth-order valence-corrected chi connectivity index (χ4v) is 3.35. The molecule has 4 rings (SSSR count). The molecule has 0 saturated heterocycles. The normalized spacial score (nSPS) is 10.9. The van der Waals surface area contributed by atoms with E-state index in [1.165, 1.54) is 18.2 Å². The van der Waals surface area contributed by atoms with Gasteiger partial charge in [0.2, 0.25) is 0 Å². The van der Waals surface area contributed by atoms with Gasteiger partial charge in [0.25, 0.3) is 11.5 Å². The van der Waals surface area contributed by atoms with Gasteiger partial charge in [-0.1, -0.05) is 59.1 Å². The van der Waals surface area contributed by atoms with E-state index < -0.39 is 11.5 Å². The molecule has 29 heavy (non-hydrogen) atoms. The van der Waals surface area contributed by atoms with Crippen molar-refractivity contribution in [3.63, 3.8) is 0 Å². The number of fused-ring (bicyclic) bond motifs is 1. The lowest BCUT2D eigenvalue weighted by Crippen LogP contribution is -2.35. The van der Waals surface area contributed by atoms with Crippen molar-refractivity contribution in [2.24, 2.45) is 0 Å². The lowest BCUT2D eigenvalue weighted by Gasteiger charge is -2.15. The number of para-hydroxylation sites is 1. The Morgan fingerprint density at radius 1 is 0.897 bits per heavy atom. The summed E-state index contributed by atoms with van der Waals surface area (Å²) in [4.78, 5) is 30.5. The van der Waals surface area contributed by atoms with Crippen LogP contribution in [0, 0.1) is 0 Å². The van der Waals surface area contributed by atoms with Gasteiger partial charge in [0.05, 0.1) is 20.9 Å². The molecule has 0 aliphatic carbocycles. The number of amides is 1. The van der Waals surface area contributed by atoms with Gasteiger partial charge in [-0.2, -0.15) is 4.68 Å². The van der Waals surface area contributed by atoms with Gasteiger partial charge >= 0.3 is 0 Å². The third kappa shape index (κ3) is 3.85. The number of hydrogen-bond acceptors (Lipinski definition) is 3. The second kappa shape index (κ2) is 7.87. The smallest absolute Gasteiger partial charge is 0.267 e. The third-order valence-corrected chi connectivity index (χ3v) is 5.23. The molecule has 0 bridgehead atoms. The van der Waals surface area contributed by atoms with Crippen molar-refractivity contribution in [2.45, 2.75) is 0 Å². The monoisotopic (exact) mass is 443 g/mol. The number of benzene rings is 3.